The van der Waals surface area contributed by atoms with Crippen LogP contribution in [-0.2, 0) is 11.8 Å². The number of nitrogens with zero attached hydrogens (tertiary/aromatic N) is 3. The smallest absolute Gasteiger partial charge is 0.287 e. The Morgan fingerprint density at radius 1 is 1.08 bits per heavy atom. The summed E-state index contributed by atoms with van der Waals surface area (Å²) in [6.07, 6.45) is 0. The van der Waals surface area contributed by atoms with Crippen molar-refractivity contribution in [1.82, 2.24) is 9.36 Å². The van der Waals surface area contributed by atoms with Crippen molar-refractivity contribution in [2.24, 2.45) is 7.05 Å². The van der Waals surface area contributed by atoms with Crippen molar-refractivity contribution >= 4 is 34.7 Å². The van der Waals surface area contributed by atoms with Gasteiger partial charge >= 0.3 is 0 Å². The first-order chi connectivity index (χ1) is 12.1. The van der Waals surface area contributed by atoms with Crippen LogP contribution in [0.3, 0.4) is 0 Å². The summed E-state index contributed by atoms with van der Waals surface area (Å²) in [5.41, 5.74) is 1.88. The van der Waals surface area contributed by atoms with E-state index in [0.717, 1.165) is 16.3 Å². The molecule has 1 amide bonds. The van der Waals surface area contributed by atoms with Crippen LogP contribution in [0.1, 0.15) is 15.9 Å². The molecule has 0 saturated carbocycles. The van der Waals surface area contributed by atoms with Crippen LogP contribution < -0.4 is 10.5 Å². The lowest BCUT2D eigenvalue weighted by atomic mass is 10.3. The quantitative estimate of drug-likeness (QED) is 0.710. The van der Waals surface area contributed by atoms with Gasteiger partial charge in [-0.25, -0.2) is 4.68 Å². The lowest BCUT2D eigenvalue weighted by molar-refractivity contribution is -0.115. The second kappa shape index (κ2) is 6.24. The molecule has 1 aliphatic rings. The van der Waals surface area contributed by atoms with Gasteiger partial charge in [-0.2, -0.15) is 0 Å². The number of thiophene rings is 1. The van der Waals surface area contributed by atoms with Crippen molar-refractivity contribution in [3.63, 3.8) is 0 Å². The van der Waals surface area contributed by atoms with Crippen molar-refractivity contribution in [3.05, 3.63) is 68.8 Å². The minimum Gasteiger partial charge on any atom is -0.287 e. The molecule has 1 aliphatic heterocycles. The zero-order valence-corrected chi connectivity index (χ0v) is 15.5. The Morgan fingerprint density at radius 3 is 2.52 bits per heavy atom. The van der Waals surface area contributed by atoms with Crippen LogP contribution >= 0.6 is 23.1 Å². The van der Waals surface area contributed by atoms with Crippen molar-refractivity contribution < 1.29 is 4.79 Å². The van der Waals surface area contributed by atoms with Crippen molar-refractivity contribution in [2.75, 3.05) is 10.7 Å². The van der Waals surface area contributed by atoms with Gasteiger partial charge in [0.05, 0.1) is 17.1 Å². The summed E-state index contributed by atoms with van der Waals surface area (Å²) in [5.74, 6) is 0.371. The standard InChI is InChI=1S/C18H17N3O2S2/c1-12-16(17(23)21(19(12)2)13-7-4-3-5-8-13)20-15(22)11-25-18(20)14-9-6-10-24-14/h3-10,18H,11H2,1-2H3. The van der Waals surface area contributed by atoms with Gasteiger partial charge in [0, 0.05) is 11.9 Å². The molecule has 1 atom stereocenters. The van der Waals surface area contributed by atoms with Crippen LogP contribution in [0.5, 0.6) is 0 Å². The highest BCUT2D eigenvalue weighted by Gasteiger charge is 2.38. The van der Waals surface area contributed by atoms with Crippen LogP contribution in [-0.4, -0.2) is 21.0 Å². The first-order valence-corrected chi connectivity index (χ1v) is 9.83. The summed E-state index contributed by atoms with van der Waals surface area (Å²) in [5, 5.41) is 1.86. The number of thioether (sulfide) groups is 1. The largest absolute Gasteiger partial charge is 0.295 e. The Morgan fingerprint density at radius 2 is 1.84 bits per heavy atom. The van der Waals surface area contributed by atoms with Crippen LogP contribution in [0.2, 0.25) is 0 Å². The number of carbonyl (C=O) groups excluding carboxylic acids is 1. The molecule has 1 saturated heterocycles. The first-order valence-electron chi connectivity index (χ1n) is 7.90. The Balaban J connectivity index is 1.88. The van der Waals surface area contributed by atoms with E-state index in [1.807, 2.05) is 66.5 Å². The van der Waals surface area contributed by atoms with Gasteiger partial charge in [0.1, 0.15) is 11.1 Å². The highest BCUT2D eigenvalue weighted by Crippen LogP contribution is 2.43. The maximum Gasteiger partial charge on any atom is 0.295 e. The van der Waals surface area contributed by atoms with Gasteiger partial charge in [-0.15, -0.1) is 23.1 Å². The maximum absolute atomic E-state index is 13.2. The molecule has 1 fully saturated rings. The van der Waals surface area contributed by atoms with Crippen LogP contribution in [0.15, 0.2) is 52.6 Å². The summed E-state index contributed by atoms with van der Waals surface area (Å²) in [6.45, 7) is 1.89. The predicted molar refractivity (Wildman–Crippen MR) is 103 cm³/mol. The molecule has 3 aromatic rings. The molecule has 4 rings (SSSR count). The van der Waals surface area contributed by atoms with Crippen molar-refractivity contribution in [2.45, 2.75) is 12.3 Å². The van der Waals surface area contributed by atoms with E-state index in [-0.39, 0.29) is 16.8 Å². The van der Waals surface area contributed by atoms with Crippen LogP contribution in [0.4, 0.5) is 5.69 Å². The number of anilines is 1. The summed E-state index contributed by atoms with van der Waals surface area (Å²) < 4.78 is 3.43. The average molecular weight is 371 g/mol. The Bertz CT molecular complexity index is 974. The van der Waals surface area contributed by atoms with E-state index in [0.29, 0.717) is 11.4 Å². The van der Waals surface area contributed by atoms with E-state index in [1.54, 1.807) is 32.7 Å². The lowest BCUT2D eigenvalue weighted by Crippen LogP contribution is -2.32. The molecular weight excluding hydrogens is 354 g/mol. The number of aromatic nitrogens is 2. The number of benzene rings is 1. The molecule has 2 aromatic heterocycles. The molecule has 5 nitrogen and oxygen atoms in total. The number of rotatable bonds is 3. The van der Waals surface area contributed by atoms with Gasteiger partial charge in [0.15, 0.2) is 0 Å². The number of hydrogen-bond donors (Lipinski definition) is 0. The van der Waals surface area contributed by atoms with E-state index in [2.05, 4.69) is 0 Å². The molecule has 7 heteroatoms. The van der Waals surface area contributed by atoms with Gasteiger partial charge in [-0.3, -0.25) is 19.2 Å². The van der Waals surface area contributed by atoms with E-state index >= 15 is 0 Å². The average Bonchev–Trinajstić information content (AvgIpc) is 3.30. The van der Waals surface area contributed by atoms with Crippen molar-refractivity contribution in [1.29, 1.82) is 0 Å². The third kappa shape index (κ3) is 2.54. The van der Waals surface area contributed by atoms with Gasteiger partial charge in [-0.1, -0.05) is 24.3 Å². The molecule has 0 N–H and O–H groups in total. The fraction of sp³-hybridized carbons (Fsp3) is 0.222. The number of hydrogen-bond acceptors (Lipinski definition) is 4. The third-order valence-electron chi connectivity index (χ3n) is 4.42. The van der Waals surface area contributed by atoms with Crippen LogP contribution in [0.25, 0.3) is 5.69 Å². The topological polar surface area (TPSA) is 47.2 Å². The molecule has 3 heterocycles. The highest BCUT2D eigenvalue weighted by molar-refractivity contribution is 8.01. The van der Waals surface area contributed by atoms with E-state index < -0.39 is 0 Å². The minimum atomic E-state index is -0.163. The zero-order valence-electron chi connectivity index (χ0n) is 13.9. The minimum absolute atomic E-state index is 0.0191. The predicted octanol–water partition coefficient (Wildman–Crippen LogP) is 3.32. The molecular formula is C18H17N3O2S2. The van der Waals surface area contributed by atoms with E-state index in [9.17, 15) is 9.59 Å². The third-order valence-corrected chi connectivity index (χ3v) is 6.69. The lowest BCUT2D eigenvalue weighted by Gasteiger charge is -2.21. The summed E-state index contributed by atoms with van der Waals surface area (Å²) in [4.78, 5) is 28.6. The zero-order chi connectivity index (χ0) is 17.6. The molecule has 25 heavy (non-hydrogen) atoms. The first kappa shape index (κ1) is 16.2. The van der Waals surface area contributed by atoms with Crippen molar-refractivity contribution in [3.8, 4) is 5.69 Å². The number of amides is 1. The Hall–Kier alpha value is -2.25. The van der Waals surface area contributed by atoms with Gasteiger partial charge in [0.25, 0.3) is 5.56 Å². The van der Waals surface area contributed by atoms with Crippen LogP contribution in [0, 0.1) is 6.92 Å². The monoisotopic (exact) mass is 371 g/mol. The molecule has 0 spiro atoms. The molecule has 0 aliphatic carbocycles. The number of carbonyl (C=O) groups is 1. The summed E-state index contributed by atoms with van der Waals surface area (Å²) in [6, 6.07) is 13.5. The molecule has 128 valence electrons. The summed E-state index contributed by atoms with van der Waals surface area (Å²) in [7, 11) is 1.85. The second-order valence-electron chi connectivity index (χ2n) is 5.85. The maximum atomic E-state index is 13.2. The fourth-order valence-electron chi connectivity index (χ4n) is 3.14. The normalized spacial score (nSPS) is 17.4. The van der Waals surface area contributed by atoms with E-state index in [1.165, 1.54) is 0 Å². The van der Waals surface area contributed by atoms with Gasteiger partial charge in [-0.05, 0) is 30.5 Å². The molecule has 1 unspecified atom stereocenters. The van der Waals surface area contributed by atoms with Gasteiger partial charge < -0.3 is 0 Å². The molecule has 0 bridgehead atoms. The summed E-state index contributed by atoms with van der Waals surface area (Å²) >= 11 is 3.18. The van der Waals surface area contributed by atoms with Gasteiger partial charge in [0.2, 0.25) is 5.91 Å². The molecule has 1 aromatic carbocycles. The fourth-order valence-corrected chi connectivity index (χ4v) is 5.26. The Kier molecular flexibility index (Phi) is 4.05. The Labute approximate surface area is 153 Å². The second-order valence-corrected chi connectivity index (χ2v) is 7.90. The van der Waals surface area contributed by atoms with E-state index in [4.69, 9.17) is 0 Å². The molecule has 0 radical (unpaired) electrons. The number of para-hydroxylation sites is 1. The SMILES string of the molecule is Cc1c(N2C(=O)CSC2c2cccs2)c(=O)n(-c2ccccc2)n1C. The highest BCUT2D eigenvalue weighted by atomic mass is 32.2.